The van der Waals surface area contributed by atoms with Crippen molar-refractivity contribution in [1.82, 2.24) is 4.90 Å². The number of piperidine rings is 1. The molecular weight excluding hydrogens is 307 g/mol. The molecule has 4 nitrogen and oxygen atoms in total. The van der Waals surface area contributed by atoms with Crippen LogP contribution in [0.1, 0.15) is 38.5 Å². The molecule has 0 saturated carbocycles. The van der Waals surface area contributed by atoms with Crippen molar-refractivity contribution in [3.8, 4) is 5.75 Å². The topological polar surface area (TPSA) is 33.7 Å². The quantitative estimate of drug-likeness (QED) is 0.895. The lowest BCUT2D eigenvalue weighted by molar-refractivity contribution is 0.0681. The average Bonchev–Trinajstić information content (AvgIpc) is 3.25. The van der Waals surface area contributed by atoms with Crippen LogP contribution in [0.25, 0.3) is 0 Å². The van der Waals surface area contributed by atoms with Crippen LogP contribution in [-0.4, -0.2) is 49.4 Å². The van der Waals surface area contributed by atoms with Crippen molar-refractivity contribution in [2.24, 2.45) is 0 Å². The Morgan fingerprint density at radius 2 is 2.17 bits per heavy atom. The van der Waals surface area contributed by atoms with E-state index in [9.17, 15) is 4.39 Å². The number of halogens is 1. The lowest BCUT2D eigenvalue weighted by Crippen LogP contribution is -2.42. The van der Waals surface area contributed by atoms with Gasteiger partial charge in [-0.25, -0.2) is 4.39 Å². The third-order valence-corrected chi connectivity index (χ3v) is 5.57. The highest BCUT2D eigenvalue weighted by atomic mass is 19.1. The maximum atomic E-state index is 13.7. The second-order valence-corrected chi connectivity index (χ2v) is 7.28. The molecule has 3 aliphatic heterocycles. The zero-order valence-corrected chi connectivity index (χ0v) is 14.2. The molecule has 3 aliphatic rings. The van der Waals surface area contributed by atoms with E-state index >= 15 is 0 Å². The molecule has 0 amide bonds. The third-order valence-electron chi connectivity index (χ3n) is 5.57. The summed E-state index contributed by atoms with van der Waals surface area (Å²) in [5.74, 6) is 0.515. The Hall–Kier alpha value is -1.33. The Labute approximate surface area is 143 Å². The highest BCUT2D eigenvalue weighted by Crippen LogP contribution is 2.32. The number of rotatable bonds is 5. The molecule has 0 unspecified atom stereocenters. The van der Waals surface area contributed by atoms with Crippen molar-refractivity contribution in [3.05, 3.63) is 24.0 Å². The van der Waals surface area contributed by atoms with Crippen LogP contribution >= 0.6 is 0 Å². The molecule has 0 spiro atoms. The van der Waals surface area contributed by atoms with E-state index in [0.29, 0.717) is 18.7 Å². The van der Waals surface area contributed by atoms with Gasteiger partial charge in [-0.1, -0.05) is 0 Å². The molecular formula is C19H27FN2O2. The third kappa shape index (κ3) is 3.67. The van der Waals surface area contributed by atoms with Crippen molar-refractivity contribution < 1.29 is 13.9 Å². The van der Waals surface area contributed by atoms with Gasteiger partial charge < -0.3 is 19.7 Å². The maximum Gasteiger partial charge on any atom is 0.142 e. The number of nitrogens with one attached hydrogen (secondary N) is 1. The summed E-state index contributed by atoms with van der Waals surface area (Å²) in [4.78, 5) is 2.60. The van der Waals surface area contributed by atoms with E-state index in [1.165, 1.54) is 25.5 Å². The van der Waals surface area contributed by atoms with Crippen LogP contribution in [0.3, 0.4) is 0 Å². The van der Waals surface area contributed by atoms with Crippen LogP contribution in [0.5, 0.6) is 5.75 Å². The van der Waals surface area contributed by atoms with E-state index in [1.807, 2.05) is 0 Å². The number of hydrogen-bond donors (Lipinski definition) is 1. The van der Waals surface area contributed by atoms with E-state index < -0.39 is 0 Å². The lowest BCUT2D eigenvalue weighted by Gasteiger charge is -2.35. The van der Waals surface area contributed by atoms with Crippen LogP contribution in [0.2, 0.25) is 0 Å². The van der Waals surface area contributed by atoms with E-state index in [1.54, 1.807) is 12.1 Å². The minimum Gasteiger partial charge on any atom is -0.489 e. The smallest absolute Gasteiger partial charge is 0.142 e. The minimum atomic E-state index is -0.222. The predicted molar refractivity (Wildman–Crippen MR) is 92.1 cm³/mol. The number of hydrogen-bond acceptors (Lipinski definition) is 4. The van der Waals surface area contributed by atoms with Crippen LogP contribution in [0.15, 0.2) is 18.2 Å². The zero-order valence-electron chi connectivity index (χ0n) is 14.2. The second-order valence-electron chi connectivity index (χ2n) is 7.28. The number of nitrogens with zero attached hydrogens (tertiary/aromatic N) is 1. The number of ether oxygens (including phenoxy) is 2. The molecule has 3 saturated heterocycles. The highest BCUT2D eigenvalue weighted by molar-refractivity contribution is 5.57. The SMILES string of the molecule is Fc1ccc(OC[C@@H]2CCCO2)c(N[C@H]2CCN3CCC[C@@H]3C2)c1. The minimum absolute atomic E-state index is 0.171. The Bertz CT molecular complexity index is 562. The highest BCUT2D eigenvalue weighted by Gasteiger charge is 2.32. The first kappa shape index (κ1) is 16.2. The first-order valence-electron chi connectivity index (χ1n) is 9.32. The van der Waals surface area contributed by atoms with E-state index in [-0.39, 0.29) is 11.9 Å². The lowest BCUT2D eigenvalue weighted by atomic mass is 9.97. The summed E-state index contributed by atoms with van der Waals surface area (Å²) in [6.45, 7) is 3.75. The van der Waals surface area contributed by atoms with Gasteiger partial charge in [-0.2, -0.15) is 0 Å². The molecule has 3 atom stereocenters. The number of fused-ring (bicyclic) bond motifs is 1. The van der Waals surface area contributed by atoms with Gasteiger partial charge in [0.2, 0.25) is 0 Å². The summed E-state index contributed by atoms with van der Waals surface area (Å²) in [6.07, 6.45) is 7.17. The normalized spacial score (nSPS) is 30.3. The number of benzene rings is 1. The number of anilines is 1. The Balaban J connectivity index is 1.40. The van der Waals surface area contributed by atoms with Crippen LogP contribution in [0, 0.1) is 5.82 Å². The van der Waals surface area contributed by atoms with Crippen molar-refractivity contribution in [1.29, 1.82) is 0 Å². The predicted octanol–water partition coefficient (Wildman–Crippen LogP) is 3.42. The summed E-state index contributed by atoms with van der Waals surface area (Å²) in [6, 6.07) is 5.86. The second kappa shape index (κ2) is 7.28. The summed E-state index contributed by atoms with van der Waals surface area (Å²) in [5.41, 5.74) is 0.782. The molecule has 5 heteroatoms. The molecule has 4 rings (SSSR count). The van der Waals surface area contributed by atoms with Crippen molar-refractivity contribution in [2.45, 2.75) is 56.7 Å². The van der Waals surface area contributed by atoms with Crippen LogP contribution in [-0.2, 0) is 4.74 Å². The monoisotopic (exact) mass is 334 g/mol. The largest absolute Gasteiger partial charge is 0.489 e. The molecule has 0 aromatic heterocycles. The van der Waals surface area contributed by atoms with Gasteiger partial charge in [-0.15, -0.1) is 0 Å². The molecule has 1 aromatic rings. The van der Waals surface area contributed by atoms with Crippen molar-refractivity contribution in [2.75, 3.05) is 31.6 Å². The molecule has 3 heterocycles. The molecule has 132 valence electrons. The standard InChI is InChI=1S/C19H27FN2O2/c20-14-5-6-19(24-13-17-4-2-10-23-17)18(11-14)21-15-7-9-22-8-1-3-16(22)12-15/h5-6,11,15-17,21H,1-4,7-10,12-13H2/t15-,16+,17-/m0/s1. The molecule has 0 radical (unpaired) electrons. The van der Waals surface area contributed by atoms with Crippen LogP contribution in [0.4, 0.5) is 10.1 Å². The Morgan fingerprint density at radius 3 is 3.04 bits per heavy atom. The average molecular weight is 334 g/mol. The van der Waals surface area contributed by atoms with Crippen molar-refractivity contribution in [3.63, 3.8) is 0 Å². The van der Waals surface area contributed by atoms with Gasteiger partial charge in [0, 0.05) is 31.3 Å². The Kier molecular flexibility index (Phi) is 4.90. The summed E-state index contributed by atoms with van der Waals surface area (Å²) < 4.78 is 25.3. The first-order valence-corrected chi connectivity index (χ1v) is 9.32. The molecule has 24 heavy (non-hydrogen) atoms. The fourth-order valence-corrected chi connectivity index (χ4v) is 4.27. The summed E-state index contributed by atoms with van der Waals surface area (Å²) in [7, 11) is 0. The zero-order chi connectivity index (χ0) is 16.4. The summed E-state index contributed by atoms with van der Waals surface area (Å²) in [5, 5.41) is 3.55. The fourth-order valence-electron chi connectivity index (χ4n) is 4.27. The molecule has 3 fully saturated rings. The van der Waals surface area contributed by atoms with Gasteiger partial charge in [0.05, 0.1) is 11.8 Å². The molecule has 0 bridgehead atoms. The Morgan fingerprint density at radius 1 is 1.21 bits per heavy atom. The van der Waals surface area contributed by atoms with Gasteiger partial charge in [-0.3, -0.25) is 0 Å². The van der Waals surface area contributed by atoms with Crippen molar-refractivity contribution >= 4 is 5.69 Å². The van der Waals surface area contributed by atoms with Gasteiger partial charge in [0.15, 0.2) is 0 Å². The van der Waals surface area contributed by atoms with Gasteiger partial charge in [0.1, 0.15) is 18.2 Å². The van der Waals surface area contributed by atoms with Gasteiger partial charge in [-0.05, 0) is 57.2 Å². The van der Waals surface area contributed by atoms with Gasteiger partial charge >= 0.3 is 0 Å². The molecule has 1 N–H and O–H groups in total. The summed E-state index contributed by atoms with van der Waals surface area (Å²) >= 11 is 0. The van der Waals surface area contributed by atoms with E-state index in [4.69, 9.17) is 9.47 Å². The maximum absolute atomic E-state index is 13.7. The molecule has 0 aliphatic carbocycles. The van der Waals surface area contributed by atoms with E-state index in [2.05, 4.69) is 10.2 Å². The van der Waals surface area contributed by atoms with Gasteiger partial charge in [0.25, 0.3) is 0 Å². The first-order chi connectivity index (χ1) is 11.8. The van der Waals surface area contributed by atoms with Crippen LogP contribution < -0.4 is 10.1 Å². The van der Waals surface area contributed by atoms with E-state index in [0.717, 1.165) is 50.3 Å². The molecule has 1 aromatic carbocycles. The fraction of sp³-hybridized carbons (Fsp3) is 0.684.